The molecule has 0 radical (unpaired) electrons. The van der Waals surface area contributed by atoms with Crippen molar-refractivity contribution in [2.45, 2.75) is 71.8 Å². The van der Waals surface area contributed by atoms with Crippen molar-refractivity contribution in [1.29, 1.82) is 0 Å². The van der Waals surface area contributed by atoms with Crippen LogP contribution in [0.4, 0.5) is 13.2 Å². The SMILES string of the molecule is CCC(CC(C)(O)C(F)(F)F)OC(=O)C(C)(C)CC. The summed E-state index contributed by atoms with van der Waals surface area (Å²) in [7, 11) is 0. The van der Waals surface area contributed by atoms with Crippen LogP contribution >= 0.6 is 0 Å². The summed E-state index contributed by atoms with van der Waals surface area (Å²) in [6.45, 7) is 7.44. The second-order valence-corrected chi connectivity index (χ2v) is 5.65. The van der Waals surface area contributed by atoms with E-state index in [0.717, 1.165) is 0 Å². The van der Waals surface area contributed by atoms with Gasteiger partial charge < -0.3 is 9.84 Å². The van der Waals surface area contributed by atoms with E-state index in [-0.39, 0.29) is 6.42 Å². The van der Waals surface area contributed by atoms with Crippen molar-refractivity contribution in [3.8, 4) is 0 Å². The highest BCUT2D eigenvalue weighted by atomic mass is 19.4. The zero-order valence-electron chi connectivity index (χ0n) is 12.1. The van der Waals surface area contributed by atoms with Crippen molar-refractivity contribution in [1.82, 2.24) is 0 Å². The van der Waals surface area contributed by atoms with Gasteiger partial charge in [0, 0.05) is 6.42 Å². The van der Waals surface area contributed by atoms with Gasteiger partial charge in [0.15, 0.2) is 5.60 Å². The smallest absolute Gasteiger partial charge is 0.417 e. The van der Waals surface area contributed by atoms with Crippen LogP contribution in [0, 0.1) is 5.41 Å². The van der Waals surface area contributed by atoms with Crippen molar-refractivity contribution in [2.75, 3.05) is 0 Å². The summed E-state index contributed by atoms with van der Waals surface area (Å²) >= 11 is 0. The fraction of sp³-hybridized carbons (Fsp3) is 0.923. The van der Waals surface area contributed by atoms with Crippen molar-refractivity contribution in [3.63, 3.8) is 0 Å². The molecule has 0 spiro atoms. The van der Waals surface area contributed by atoms with Crippen molar-refractivity contribution < 1.29 is 27.8 Å². The van der Waals surface area contributed by atoms with Gasteiger partial charge in [-0.2, -0.15) is 13.2 Å². The predicted octanol–water partition coefficient (Wildman–Crippen LogP) is 3.45. The average Bonchev–Trinajstić information content (AvgIpc) is 2.25. The second-order valence-electron chi connectivity index (χ2n) is 5.65. The zero-order chi connectivity index (χ0) is 15.5. The number of carbonyl (C=O) groups is 1. The van der Waals surface area contributed by atoms with Crippen molar-refractivity contribution >= 4 is 5.97 Å². The van der Waals surface area contributed by atoms with E-state index >= 15 is 0 Å². The normalized spacial score (nSPS) is 17.7. The van der Waals surface area contributed by atoms with Crippen molar-refractivity contribution in [2.24, 2.45) is 5.41 Å². The van der Waals surface area contributed by atoms with E-state index in [0.29, 0.717) is 13.3 Å². The highest BCUT2D eigenvalue weighted by Gasteiger charge is 2.51. The zero-order valence-corrected chi connectivity index (χ0v) is 12.1. The molecule has 19 heavy (non-hydrogen) atoms. The number of halogens is 3. The number of rotatable bonds is 6. The van der Waals surface area contributed by atoms with Crippen LogP contribution in [0.15, 0.2) is 0 Å². The van der Waals surface area contributed by atoms with Gasteiger partial charge in [0.05, 0.1) is 5.41 Å². The number of hydrogen-bond acceptors (Lipinski definition) is 3. The predicted molar refractivity (Wildman–Crippen MR) is 65.5 cm³/mol. The first-order valence-electron chi connectivity index (χ1n) is 6.37. The van der Waals surface area contributed by atoms with E-state index in [1.165, 1.54) is 0 Å². The third-order valence-electron chi connectivity index (χ3n) is 3.40. The van der Waals surface area contributed by atoms with E-state index in [4.69, 9.17) is 4.74 Å². The first-order valence-corrected chi connectivity index (χ1v) is 6.37. The van der Waals surface area contributed by atoms with E-state index in [9.17, 15) is 23.1 Å². The molecule has 0 aromatic rings. The summed E-state index contributed by atoms with van der Waals surface area (Å²) in [5.74, 6) is -0.542. The number of hydrogen-bond donors (Lipinski definition) is 1. The molecule has 0 fully saturated rings. The van der Waals surface area contributed by atoms with Crippen LogP contribution in [0.1, 0.15) is 53.9 Å². The maximum atomic E-state index is 12.6. The van der Waals surface area contributed by atoms with Gasteiger partial charge in [-0.3, -0.25) is 4.79 Å². The van der Waals surface area contributed by atoms with E-state index < -0.39 is 35.7 Å². The first kappa shape index (κ1) is 18.2. The van der Waals surface area contributed by atoms with Crippen LogP contribution in [0.5, 0.6) is 0 Å². The van der Waals surface area contributed by atoms with Gasteiger partial charge in [-0.15, -0.1) is 0 Å². The van der Waals surface area contributed by atoms with Crippen LogP contribution in [0.2, 0.25) is 0 Å². The molecule has 0 aliphatic carbocycles. The fourth-order valence-corrected chi connectivity index (χ4v) is 1.28. The Morgan fingerprint density at radius 3 is 2.00 bits per heavy atom. The van der Waals surface area contributed by atoms with Crippen molar-refractivity contribution in [3.05, 3.63) is 0 Å². The van der Waals surface area contributed by atoms with Gasteiger partial charge in [-0.1, -0.05) is 13.8 Å². The molecule has 6 heteroatoms. The molecule has 0 aromatic heterocycles. The topological polar surface area (TPSA) is 46.5 Å². The Balaban J connectivity index is 4.76. The number of ether oxygens (including phenoxy) is 1. The number of aliphatic hydroxyl groups is 1. The molecule has 0 amide bonds. The Bertz CT molecular complexity index is 309. The Kier molecular flexibility index (Phi) is 5.86. The third-order valence-corrected chi connectivity index (χ3v) is 3.40. The van der Waals surface area contributed by atoms with Crippen LogP contribution in [-0.4, -0.2) is 29.0 Å². The Morgan fingerprint density at radius 1 is 1.21 bits per heavy atom. The van der Waals surface area contributed by atoms with Crippen LogP contribution < -0.4 is 0 Å². The summed E-state index contributed by atoms with van der Waals surface area (Å²) in [5.41, 5.74) is -3.60. The summed E-state index contributed by atoms with van der Waals surface area (Å²) in [6, 6.07) is 0. The lowest BCUT2D eigenvalue weighted by atomic mass is 9.90. The molecule has 0 aliphatic heterocycles. The van der Waals surface area contributed by atoms with Crippen LogP contribution in [0.3, 0.4) is 0 Å². The molecule has 3 nitrogen and oxygen atoms in total. The molecule has 0 saturated carbocycles. The minimum Gasteiger partial charge on any atom is -0.462 e. The summed E-state index contributed by atoms with van der Waals surface area (Å²) in [5, 5.41) is 9.41. The lowest BCUT2D eigenvalue weighted by Crippen LogP contribution is -2.46. The molecule has 114 valence electrons. The van der Waals surface area contributed by atoms with Gasteiger partial charge >= 0.3 is 12.1 Å². The first-order chi connectivity index (χ1) is 8.37. The number of esters is 1. The third kappa shape index (κ3) is 5.01. The Morgan fingerprint density at radius 2 is 1.68 bits per heavy atom. The molecule has 2 atom stereocenters. The maximum absolute atomic E-state index is 12.6. The van der Waals surface area contributed by atoms with E-state index in [1.807, 2.05) is 0 Å². The molecule has 0 rings (SSSR count). The van der Waals surface area contributed by atoms with Crippen LogP contribution in [-0.2, 0) is 9.53 Å². The molecule has 0 heterocycles. The average molecular weight is 284 g/mol. The van der Waals surface area contributed by atoms with E-state index in [1.54, 1.807) is 27.7 Å². The van der Waals surface area contributed by atoms with Gasteiger partial charge in [-0.25, -0.2) is 0 Å². The van der Waals surface area contributed by atoms with Gasteiger partial charge in [0.1, 0.15) is 6.10 Å². The van der Waals surface area contributed by atoms with Gasteiger partial charge in [0.25, 0.3) is 0 Å². The molecule has 0 aliphatic rings. The lowest BCUT2D eigenvalue weighted by Gasteiger charge is -2.31. The molecule has 2 unspecified atom stereocenters. The highest BCUT2D eigenvalue weighted by molar-refractivity contribution is 5.75. The maximum Gasteiger partial charge on any atom is 0.417 e. The van der Waals surface area contributed by atoms with Crippen LogP contribution in [0.25, 0.3) is 0 Å². The Hall–Kier alpha value is -0.780. The van der Waals surface area contributed by atoms with Gasteiger partial charge in [0.2, 0.25) is 0 Å². The molecular weight excluding hydrogens is 261 g/mol. The van der Waals surface area contributed by atoms with E-state index in [2.05, 4.69) is 0 Å². The molecule has 1 N–H and O–H groups in total. The quantitative estimate of drug-likeness (QED) is 0.760. The second kappa shape index (κ2) is 6.11. The monoisotopic (exact) mass is 284 g/mol. The largest absolute Gasteiger partial charge is 0.462 e. The molecule has 0 aromatic carbocycles. The standard InChI is InChI=1S/C13H23F3O3/c1-6-9(8-12(5,18)13(14,15)16)19-10(17)11(3,4)7-2/h9,18H,6-8H2,1-5H3. The minimum absolute atomic E-state index is 0.220. The van der Waals surface area contributed by atoms with Gasteiger partial charge in [-0.05, 0) is 33.6 Å². The summed E-state index contributed by atoms with van der Waals surface area (Å²) < 4.78 is 42.8. The molecular formula is C13H23F3O3. The molecule has 0 saturated heterocycles. The molecule has 0 bridgehead atoms. The highest BCUT2D eigenvalue weighted by Crippen LogP contribution is 2.35. The minimum atomic E-state index is -4.74. The number of alkyl halides is 3. The summed E-state index contributed by atoms with van der Waals surface area (Å²) in [4.78, 5) is 11.8. The number of carbonyl (C=O) groups excluding carboxylic acids is 1. The summed E-state index contributed by atoms with van der Waals surface area (Å²) in [6.07, 6.45) is -5.60. The Labute approximate surface area is 112 Å². The lowest BCUT2D eigenvalue weighted by molar-refractivity contribution is -0.262. The fourth-order valence-electron chi connectivity index (χ4n) is 1.28.